The zero-order chi connectivity index (χ0) is 25.3. The first kappa shape index (κ1) is 24.0. The Bertz CT molecular complexity index is 1410. The smallest absolute Gasteiger partial charge is 0.294 e. The number of nitro benzene ring substituents is 1. The first-order valence-corrected chi connectivity index (χ1v) is 11.4. The van der Waals surface area contributed by atoms with E-state index in [4.69, 9.17) is 4.42 Å². The van der Waals surface area contributed by atoms with Gasteiger partial charge in [-0.15, -0.1) is 0 Å². The normalized spacial score (nSPS) is 14.6. The molecule has 1 fully saturated rings. The molecule has 1 aromatic heterocycles. The summed E-state index contributed by atoms with van der Waals surface area (Å²) in [7, 11) is 0. The van der Waals surface area contributed by atoms with Gasteiger partial charge in [-0.1, -0.05) is 18.2 Å². The molecule has 0 radical (unpaired) electrons. The van der Waals surface area contributed by atoms with Gasteiger partial charge in [0.2, 0.25) is 5.91 Å². The molecule has 1 aliphatic heterocycles. The van der Waals surface area contributed by atoms with Gasteiger partial charge in [-0.2, -0.15) is 0 Å². The molecule has 9 nitrogen and oxygen atoms in total. The summed E-state index contributed by atoms with van der Waals surface area (Å²) >= 11 is 0.696. The fraction of sp³-hybridized carbons (Fsp3) is 0.160. The number of hydrogen-bond acceptors (Lipinski definition) is 7. The minimum Gasteiger partial charge on any atom is -0.456 e. The number of imide groups is 1. The minimum atomic E-state index is -0.615. The van der Waals surface area contributed by atoms with E-state index in [-0.39, 0.29) is 22.1 Å². The molecular weight excluding hydrogens is 470 g/mol. The maximum absolute atomic E-state index is 12.8. The van der Waals surface area contributed by atoms with Crippen LogP contribution in [0.1, 0.15) is 22.5 Å². The van der Waals surface area contributed by atoms with Crippen molar-refractivity contribution < 1.29 is 23.7 Å². The zero-order valence-electron chi connectivity index (χ0n) is 19.2. The average molecular weight is 492 g/mol. The molecule has 1 saturated heterocycles. The second kappa shape index (κ2) is 9.59. The summed E-state index contributed by atoms with van der Waals surface area (Å²) in [5.41, 5.74) is 3.39. The van der Waals surface area contributed by atoms with E-state index < -0.39 is 28.5 Å². The van der Waals surface area contributed by atoms with E-state index in [1.54, 1.807) is 31.2 Å². The van der Waals surface area contributed by atoms with Crippen LogP contribution >= 0.6 is 11.8 Å². The van der Waals surface area contributed by atoms with E-state index >= 15 is 0 Å². The highest BCUT2D eigenvalue weighted by Gasteiger charge is 2.36. The lowest BCUT2D eigenvalue weighted by Crippen LogP contribution is -2.36. The Balaban J connectivity index is 1.50. The molecule has 1 aliphatic rings. The number of amides is 3. The summed E-state index contributed by atoms with van der Waals surface area (Å²) in [6.07, 6.45) is 1.39. The van der Waals surface area contributed by atoms with E-state index in [2.05, 4.69) is 5.32 Å². The quantitative estimate of drug-likeness (QED) is 0.276. The number of carbonyl (C=O) groups is 3. The molecule has 0 saturated carbocycles. The molecule has 0 atom stereocenters. The third-order valence-electron chi connectivity index (χ3n) is 5.36. The number of nitrogens with one attached hydrogen (secondary N) is 1. The van der Waals surface area contributed by atoms with E-state index in [1.165, 1.54) is 12.1 Å². The summed E-state index contributed by atoms with van der Waals surface area (Å²) < 4.78 is 5.71. The first-order valence-electron chi connectivity index (χ1n) is 10.6. The molecule has 178 valence electrons. The summed E-state index contributed by atoms with van der Waals surface area (Å²) in [6, 6.07) is 13.5. The van der Waals surface area contributed by atoms with Gasteiger partial charge in [0.25, 0.3) is 16.8 Å². The molecule has 0 unspecified atom stereocenters. The van der Waals surface area contributed by atoms with Gasteiger partial charge in [0.05, 0.1) is 15.4 Å². The van der Waals surface area contributed by atoms with Crippen molar-refractivity contribution >= 4 is 46.3 Å². The van der Waals surface area contributed by atoms with Gasteiger partial charge >= 0.3 is 0 Å². The molecular formula is C25H21N3O6S. The van der Waals surface area contributed by atoms with E-state index in [1.807, 2.05) is 32.0 Å². The highest BCUT2D eigenvalue weighted by molar-refractivity contribution is 8.18. The second-order valence-electron chi connectivity index (χ2n) is 8.11. The van der Waals surface area contributed by atoms with Gasteiger partial charge in [0, 0.05) is 17.8 Å². The van der Waals surface area contributed by atoms with Crippen LogP contribution < -0.4 is 5.32 Å². The molecule has 0 spiro atoms. The Morgan fingerprint density at radius 3 is 2.54 bits per heavy atom. The fourth-order valence-electron chi connectivity index (χ4n) is 3.55. The van der Waals surface area contributed by atoms with E-state index in [0.717, 1.165) is 21.6 Å². The van der Waals surface area contributed by atoms with Crippen LogP contribution in [0.25, 0.3) is 17.4 Å². The Kier molecular flexibility index (Phi) is 6.57. The fourth-order valence-corrected chi connectivity index (χ4v) is 4.36. The van der Waals surface area contributed by atoms with Crippen molar-refractivity contribution in [1.82, 2.24) is 4.90 Å². The monoisotopic (exact) mass is 491 g/mol. The van der Waals surface area contributed by atoms with Crippen molar-refractivity contribution in [1.29, 1.82) is 0 Å². The molecule has 3 aromatic rings. The molecule has 0 bridgehead atoms. The van der Waals surface area contributed by atoms with Gasteiger partial charge in [-0.05, 0) is 73.5 Å². The molecule has 35 heavy (non-hydrogen) atoms. The van der Waals surface area contributed by atoms with Crippen LogP contribution in [0.4, 0.5) is 16.2 Å². The summed E-state index contributed by atoms with van der Waals surface area (Å²) in [4.78, 5) is 49.6. The third kappa shape index (κ3) is 5.17. The lowest BCUT2D eigenvalue weighted by molar-refractivity contribution is -0.384. The van der Waals surface area contributed by atoms with E-state index in [9.17, 15) is 24.5 Å². The van der Waals surface area contributed by atoms with Crippen molar-refractivity contribution in [2.45, 2.75) is 20.8 Å². The predicted molar refractivity (Wildman–Crippen MR) is 133 cm³/mol. The zero-order valence-corrected chi connectivity index (χ0v) is 20.0. The average Bonchev–Trinajstić information content (AvgIpc) is 3.36. The highest BCUT2D eigenvalue weighted by atomic mass is 32.2. The van der Waals surface area contributed by atoms with Crippen molar-refractivity contribution in [2.75, 3.05) is 11.9 Å². The van der Waals surface area contributed by atoms with Crippen LogP contribution in [0.15, 0.2) is 57.9 Å². The van der Waals surface area contributed by atoms with Crippen LogP contribution in [0.2, 0.25) is 0 Å². The van der Waals surface area contributed by atoms with Crippen LogP contribution in [0, 0.1) is 30.9 Å². The summed E-state index contributed by atoms with van der Waals surface area (Å²) in [6.45, 7) is 5.07. The van der Waals surface area contributed by atoms with Gasteiger partial charge < -0.3 is 9.73 Å². The number of furan rings is 1. The van der Waals surface area contributed by atoms with E-state index in [0.29, 0.717) is 23.0 Å². The van der Waals surface area contributed by atoms with Crippen LogP contribution in [-0.4, -0.2) is 33.4 Å². The number of nitrogens with zero attached hydrogens (tertiary/aromatic N) is 2. The van der Waals surface area contributed by atoms with Crippen LogP contribution in [0.3, 0.4) is 0 Å². The molecule has 10 heteroatoms. The van der Waals surface area contributed by atoms with Crippen molar-refractivity contribution in [2.24, 2.45) is 0 Å². The van der Waals surface area contributed by atoms with Gasteiger partial charge in [-0.3, -0.25) is 29.4 Å². The Labute approximate surface area is 204 Å². The first-order chi connectivity index (χ1) is 16.6. The number of nitro groups is 1. The minimum absolute atomic E-state index is 0.0915. The van der Waals surface area contributed by atoms with Gasteiger partial charge in [0.15, 0.2) is 0 Å². The Morgan fingerprint density at radius 2 is 1.80 bits per heavy atom. The third-order valence-corrected chi connectivity index (χ3v) is 6.27. The molecule has 0 aliphatic carbocycles. The van der Waals surface area contributed by atoms with Gasteiger partial charge in [-0.25, -0.2) is 0 Å². The van der Waals surface area contributed by atoms with Gasteiger partial charge in [0.1, 0.15) is 18.1 Å². The number of thioether (sulfide) groups is 1. The maximum atomic E-state index is 12.8. The number of carbonyl (C=O) groups excluding carboxylic acids is 3. The van der Waals surface area contributed by atoms with Crippen molar-refractivity contribution in [3.63, 3.8) is 0 Å². The van der Waals surface area contributed by atoms with Crippen LogP contribution in [-0.2, 0) is 9.59 Å². The standard InChI is InChI=1S/C25H21N3O6S/c1-14-4-6-16(3)19(10-14)26-23(29)13-27-24(30)22(35-25(27)31)12-17-7-9-21(34-17)18-8-5-15(2)11-20(18)28(32)33/h4-12H,13H2,1-3H3,(H,26,29)/b22-12+. The molecule has 4 rings (SSSR count). The van der Waals surface area contributed by atoms with Crippen LogP contribution in [0.5, 0.6) is 0 Å². The molecule has 2 aromatic carbocycles. The summed E-state index contributed by atoms with van der Waals surface area (Å²) in [5, 5.41) is 13.6. The largest absolute Gasteiger partial charge is 0.456 e. The number of rotatable bonds is 6. The highest BCUT2D eigenvalue weighted by Crippen LogP contribution is 2.35. The molecule has 3 amide bonds. The number of hydrogen-bond donors (Lipinski definition) is 1. The summed E-state index contributed by atoms with van der Waals surface area (Å²) in [5.74, 6) is -0.597. The lowest BCUT2D eigenvalue weighted by Gasteiger charge is -2.14. The Morgan fingerprint density at radius 1 is 1.09 bits per heavy atom. The lowest BCUT2D eigenvalue weighted by atomic mass is 10.1. The van der Waals surface area contributed by atoms with Crippen molar-refractivity contribution in [3.05, 3.63) is 86.0 Å². The topological polar surface area (TPSA) is 123 Å². The number of benzene rings is 2. The van der Waals surface area contributed by atoms with Crippen molar-refractivity contribution in [3.8, 4) is 11.3 Å². The number of aryl methyl sites for hydroxylation is 3. The maximum Gasteiger partial charge on any atom is 0.294 e. The number of anilines is 1. The molecule has 2 heterocycles. The predicted octanol–water partition coefficient (Wildman–Crippen LogP) is 5.46. The molecule has 1 N–H and O–H groups in total. The SMILES string of the molecule is Cc1ccc(C)c(NC(=O)CN2C(=O)S/C(=C/c3ccc(-c4ccc(C)cc4[N+](=O)[O-])o3)C2=O)c1. The second-order valence-corrected chi connectivity index (χ2v) is 9.11. The Hall–Kier alpha value is -4.18.